The molecule has 1 amide bonds. The Kier molecular flexibility index (Phi) is 5.85. The first kappa shape index (κ1) is 18.3. The fourth-order valence-electron chi connectivity index (χ4n) is 2.92. The second-order valence-electron chi connectivity index (χ2n) is 6.37. The van der Waals surface area contributed by atoms with Crippen molar-refractivity contribution in [3.63, 3.8) is 0 Å². The van der Waals surface area contributed by atoms with Gasteiger partial charge in [-0.15, -0.1) is 0 Å². The number of oxazole rings is 1. The predicted molar refractivity (Wildman–Crippen MR) is 93.9 cm³/mol. The molecule has 0 saturated carbocycles. The summed E-state index contributed by atoms with van der Waals surface area (Å²) in [5.41, 5.74) is 1.78. The van der Waals surface area contributed by atoms with Gasteiger partial charge in [-0.05, 0) is 19.1 Å². The van der Waals surface area contributed by atoms with E-state index in [9.17, 15) is 4.79 Å². The third-order valence-corrected chi connectivity index (χ3v) is 4.21. The minimum absolute atomic E-state index is 0.103. The summed E-state index contributed by atoms with van der Waals surface area (Å²) in [5.74, 6) is 1.33. The maximum absolute atomic E-state index is 12.2. The summed E-state index contributed by atoms with van der Waals surface area (Å²) in [6.07, 6.45) is 2.43. The Hall–Kier alpha value is -2.45. The van der Waals surface area contributed by atoms with Gasteiger partial charge in [-0.2, -0.15) is 0 Å². The van der Waals surface area contributed by atoms with Gasteiger partial charge in [0.1, 0.15) is 11.5 Å². The van der Waals surface area contributed by atoms with Crippen LogP contribution in [0.5, 0.6) is 5.75 Å². The van der Waals surface area contributed by atoms with Crippen LogP contribution in [-0.4, -0.2) is 54.2 Å². The summed E-state index contributed by atoms with van der Waals surface area (Å²) in [6, 6.07) is 3.75. The second kappa shape index (κ2) is 8.29. The van der Waals surface area contributed by atoms with Gasteiger partial charge in [0.15, 0.2) is 0 Å². The molecule has 0 radical (unpaired) electrons. The molecule has 1 atom stereocenters. The van der Waals surface area contributed by atoms with Crippen LogP contribution in [0.2, 0.25) is 0 Å². The molecule has 3 rings (SSSR count). The van der Waals surface area contributed by atoms with Crippen LogP contribution in [0.3, 0.4) is 0 Å². The van der Waals surface area contributed by atoms with Crippen molar-refractivity contribution < 1.29 is 18.7 Å². The van der Waals surface area contributed by atoms with Gasteiger partial charge in [-0.3, -0.25) is 14.7 Å². The van der Waals surface area contributed by atoms with Crippen LogP contribution in [0.1, 0.15) is 34.8 Å². The molecular formula is C18H24N4O4. The highest BCUT2D eigenvalue weighted by Gasteiger charge is 2.25. The molecule has 0 unspecified atom stereocenters. The van der Waals surface area contributed by atoms with Crippen molar-refractivity contribution in [3.8, 4) is 5.75 Å². The van der Waals surface area contributed by atoms with E-state index in [0.29, 0.717) is 19.7 Å². The molecule has 0 aromatic carbocycles. The number of amides is 1. The minimum atomic E-state index is -0.313. The first-order valence-electron chi connectivity index (χ1n) is 8.58. The SMILES string of the molecule is COC[C@H](C)NC(=O)c1nc2c(o1)CCN(Cc1ccc(OC)cn1)C2. The quantitative estimate of drug-likeness (QED) is 0.798. The normalized spacial score (nSPS) is 15.3. The number of hydrogen-bond acceptors (Lipinski definition) is 7. The third-order valence-electron chi connectivity index (χ3n) is 4.21. The highest BCUT2D eigenvalue weighted by atomic mass is 16.5. The van der Waals surface area contributed by atoms with Gasteiger partial charge in [0, 0.05) is 39.2 Å². The topological polar surface area (TPSA) is 89.7 Å². The van der Waals surface area contributed by atoms with Gasteiger partial charge in [0.05, 0.1) is 31.3 Å². The zero-order chi connectivity index (χ0) is 18.5. The van der Waals surface area contributed by atoms with Crippen LogP contribution < -0.4 is 10.1 Å². The fraction of sp³-hybridized carbons (Fsp3) is 0.500. The third kappa shape index (κ3) is 4.39. The molecule has 2 aromatic heterocycles. The summed E-state index contributed by atoms with van der Waals surface area (Å²) in [7, 11) is 3.22. The van der Waals surface area contributed by atoms with Crippen LogP contribution in [0.4, 0.5) is 0 Å². The largest absolute Gasteiger partial charge is 0.495 e. The van der Waals surface area contributed by atoms with Crippen molar-refractivity contribution in [2.45, 2.75) is 32.5 Å². The number of carbonyl (C=O) groups is 1. The molecule has 8 heteroatoms. The van der Waals surface area contributed by atoms with E-state index in [1.54, 1.807) is 20.4 Å². The molecular weight excluding hydrogens is 336 g/mol. The number of nitrogens with one attached hydrogen (secondary N) is 1. The maximum Gasteiger partial charge on any atom is 0.307 e. The number of pyridine rings is 1. The van der Waals surface area contributed by atoms with Crippen molar-refractivity contribution in [1.29, 1.82) is 0 Å². The fourth-order valence-corrected chi connectivity index (χ4v) is 2.92. The number of fused-ring (bicyclic) bond motifs is 1. The lowest BCUT2D eigenvalue weighted by Gasteiger charge is -2.24. The molecule has 26 heavy (non-hydrogen) atoms. The van der Waals surface area contributed by atoms with Crippen LogP contribution in [0, 0.1) is 0 Å². The lowest BCUT2D eigenvalue weighted by atomic mass is 10.1. The first-order chi connectivity index (χ1) is 12.6. The van der Waals surface area contributed by atoms with E-state index in [0.717, 1.165) is 35.9 Å². The molecule has 3 heterocycles. The van der Waals surface area contributed by atoms with Crippen LogP contribution in [0.15, 0.2) is 22.7 Å². The monoisotopic (exact) mass is 360 g/mol. The van der Waals surface area contributed by atoms with Crippen molar-refractivity contribution in [1.82, 2.24) is 20.2 Å². The standard InChI is InChI=1S/C18H24N4O4/c1-12(11-24-2)20-17(23)18-21-15-10-22(7-6-16(15)26-18)9-13-4-5-14(25-3)8-19-13/h4-5,8,12H,6-7,9-11H2,1-3H3,(H,20,23)/t12-/m0/s1. The Balaban J connectivity index is 1.61. The number of rotatable bonds is 7. The Labute approximate surface area is 152 Å². The predicted octanol–water partition coefficient (Wildman–Crippen LogP) is 1.40. The Morgan fingerprint density at radius 2 is 2.27 bits per heavy atom. The number of carbonyl (C=O) groups excluding carboxylic acids is 1. The highest BCUT2D eigenvalue weighted by molar-refractivity contribution is 5.89. The number of hydrogen-bond donors (Lipinski definition) is 1. The molecule has 1 aliphatic rings. The number of methoxy groups -OCH3 is 2. The van der Waals surface area contributed by atoms with Gasteiger partial charge in [0.25, 0.3) is 5.89 Å². The van der Waals surface area contributed by atoms with E-state index >= 15 is 0 Å². The van der Waals surface area contributed by atoms with Gasteiger partial charge in [0.2, 0.25) is 0 Å². The van der Waals surface area contributed by atoms with Crippen molar-refractivity contribution in [2.75, 3.05) is 27.4 Å². The molecule has 0 fully saturated rings. The zero-order valence-electron chi connectivity index (χ0n) is 15.3. The molecule has 0 aliphatic carbocycles. The van der Waals surface area contributed by atoms with Crippen molar-refractivity contribution in [3.05, 3.63) is 41.4 Å². The van der Waals surface area contributed by atoms with E-state index in [2.05, 4.69) is 20.2 Å². The lowest BCUT2D eigenvalue weighted by molar-refractivity contribution is 0.0869. The summed E-state index contributed by atoms with van der Waals surface area (Å²) in [6.45, 7) is 4.48. The van der Waals surface area contributed by atoms with Gasteiger partial charge < -0.3 is 19.2 Å². The van der Waals surface area contributed by atoms with Crippen LogP contribution >= 0.6 is 0 Å². The summed E-state index contributed by atoms with van der Waals surface area (Å²) in [4.78, 5) is 23.2. The Morgan fingerprint density at radius 1 is 1.42 bits per heavy atom. The average molecular weight is 360 g/mol. The number of aromatic nitrogens is 2. The molecule has 1 N–H and O–H groups in total. The van der Waals surface area contributed by atoms with Crippen molar-refractivity contribution in [2.24, 2.45) is 0 Å². The smallest absolute Gasteiger partial charge is 0.307 e. The molecule has 0 bridgehead atoms. The zero-order valence-corrected chi connectivity index (χ0v) is 15.3. The summed E-state index contributed by atoms with van der Waals surface area (Å²) in [5, 5.41) is 2.81. The average Bonchev–Trinajstić information content (AvgIpc) is 3.06. The highest BCUT2D eigenvalue weighted by Crippen LogP contribution is 2.21. The molecule has 8 nitrogen and oxygen atoms in total. The summed E-state index contributed by atoms with van der Waals surface area (Å²) < 4.78 is 15.8. The molecule has 0 spiro atoms. The molecule has 1 aliphatic heterocycles. The van der Waals surface area contributed by atoms with Crippen LogP contribution in [-0.2, 0) is 24.2 Å². The van der Waals surface area contributed by atoms with E-state index < -0.39 is 0 Å². The van der Waals surface area contributed by atoms with E-state index in [-0.39, 0.29) is 17.8 Å². The Morgan fingerprint density at radius 3 is 2.96 bits per heavy atom. The summed E-state index contributed by atoms with van der Waals surface area (Å²) >= 11 is 0. The van der Waals surface area contributed by atoms with Gasteiger partial charge in [-0.1, -0.05) is 0 Å². The number of ether oxygens (including phenoxy) is 2. The first-order valence-corrected chi connectivity index (χ1v) is 8.58. The van der Waals surface area contributed by atoms with E-state index in [1.807, 2.05) is 19.1 Å². The lowest BCUT2D eigenvalue weighted by Crippen LogP contribution is -2.35. The second-order valence-corrected chi connectivity index (χ2v) is 6.37. The maximum atomic E-state index is 12.2. The van der Waals surface area contributed by atoms with Gasteiger partial charge in [-0.25, -0.2) is 4.98 Å². The Bertz CT molecular complexity index is 744. The van der Waals surface area contributed by atoms with E-state index in [1.165, 1.54) is 0 Å². The van der Waals surface area contributed by atoms with Crippen LogP contribution in [0.25, 0.3) is 0 Å². The molecule has 0 saturated heterocycles. The van der Waals surface area contributed by atoms with Gasteiger partial charge >= 0.3 is 5.91 Å². The number of nitrogens with zero attached hydrogens (tertiary/aromatic N) is 3. The molecule has 140 valence electrons. The minimum Gasteiger partial charge on any atom is -0.495 e. The molecule has 2 aromatic rings. The van der Waals surface area contributed by atoms with E-state index in [4.69, 9.17) is 13.9 Å². The van der Waals surface area contributed by atoms with Crippen molar-refractivity contribution >= 4 is 5.91 Å².